The quantitative estimate of drug-likeness (QED) is 0.725. The zero-order chi connectivity index (χ0) is 20.8. The number of nitrogens with zero attached hydrogens (tertiary/aromatic N) is 3. The first-order chi connectivity index (χ1) is 14.0. The van der Waals surface area contributed by atoms with E-state index < -0.39 is 0 Å². The lowest BCUT2D eigenvalue weighted by Crippen LogP contribution is -2.38. The summed E-state index contributed by atoms with van der Waals surface area (Å²) in [7, 11) is 1.69. The molecule has 0 aliphatic carbocycles. The fourth-order valence-corrected chi connectivity index (χ4v) is 4.18. The number of urea groups is 1. The summed E-state index contributed by atoms with van der Waals surface area (Å²) < 4.78 is 5.33. The minimum atomic E-state index is -0.162. The van der Waals surface area contributed by atoms with Crippen molar-refractivity contribution in [1.29, 1.82) is 0 Å². The van der Waals surface area contributed by atoms with Crippen LogP contribution in [0.1, 0.15) is 47.4 Å². The van der Waals surface area contributed by atoms with E-state index in [0.717, 1.165) is 36.8 Å². The van der Waals surface area contributed by atoms with Crippen LogP contribution in [0, 0.1) is 0 Å². The van der Waals surface area contributed by atoms with Gasteiger partial charge in [-0.15, -0.1) is 11.3 Å². The average molecular weight is 417 g/mol. The highest BCUT2D eigenvalue weighted by Gasteiger charge is 2.21. The number of amides is 2. The van der Waals surface area contributed by atoms with Crippen molar-refractivity contribution < 1.29 is 14.3 Å². The number of thiazole rings is 1. The van der Waals surface area contributed by atoms with Crippen LogP contribution >= 0.6 is 11.3 Å². The zero-order valence-corrected chi connectivity index (χ0v) is 18.0. The van der Waals surface area contributed by atoms with Gasteiger partial charge in [0.05, 0.1) is 11.4 Å². The number of hydrogen-bond acceptors (Lipinski definition) is 6. The molecule has 1 atom stereocenters. The van der Waals surface area contributed by atoms with Crippen LogP contribution in [0.5, 0.6) is 0 Å². The smallest absolute Gasteiger partial charge is 0.321 e. The second-order valence-corrected chi connectivity index (χ2v) is 8.09. The maximum Gasteiger partial charge on any atom is 0.321 e. The summed E-state index contributed by atoms with van der Waals surface area (Å²) >= 11 is 1.62. The van der Waals surface area contributed by atoms with Crippen LogP contribution in [0.2, 0.25) is 0 Å². The van der Waals surface area contributed by atoms with Crippen LogP contribution in [0.15, 0.2) is 29.6 Å². The molecule has 1 aromatic heterocycles. The van der Waals surface area contributed by atoms with Gasteiger partial charge in [0.15, 0.2) is 5.78 Å². The lowest BCUT2D eigenvalue weighted by Gasteiger charge is -2.22. The van der Waals surface area contributed by atoms with E-state index in [9.17, 15) is 9.59 Å². The topological polar surface area (TPSA) is 74.8 Å². The van der Waals surface area contributed by atoms with Gasteiger partial charge in [-0.25, -0.2) is 9.78 Å². The van der Waals surface area contributed by atoms with Gasteiger partial charge in [0.2, 0.25) is 0 Å². The van der Waals surface area contributed by atoms with Crippen molar-refractivity contribution in [1.82, 2.24) is 14.8 Å². The third-order valence-electron chi connectivity index (χ3n) is 5.08. The van der Waals surface area contributed by atoms with Gasteiger partial charge in [-0.05, 0) is 32.4 Å². The molecule has 0 saturated carbocycles. The van der Waals surface area contributed by atoms with Crippen molar-refractivity contribution in [3.8, 4) is 0 Å². The van der Waals surface area contributed by atoms with Crippen LogP contribution in [0.4, 0.5) is 10.5 Å². The Morgan fingerprint density at radius 1 is 1.24 bits per heavy atom. The molecule has 1 N–H and O–H groups in total. The van der Waals surface area contributed by atoms with Gasteiger partial charge in [0, 0.05) is 50.8 Å². The maximum atomic E-state index is 12.7. The van der Waals surface area contributed by atoms with Crippen molar-refractivity contribution >= 4 is 28.8 Å². The molecule has 1 aliphatic heterocycles. The molecular formula is C21H28N4O3S. The molecule has 29 heavy (non-hydrogen) atoms. The minimum absolute atomic E-state index is 0.00921. The minimum Gasteiger partial charge on any atom is -0.375 e. The predicted molar refractivity (Wildman–Crippen MR) is 114 cm³/mol. The number of nitrogens with one attached hydrogen (secondary N) is 1. The van der Waals surface area contributed by atoms with Gasteiger partial charge >= 0.3 is 6.03 Å². The van der Waals surface area contributed by atoms with Crippen LogP contribution in [0.3, 0.4) is 0 Å². The van der Waals surface area contributed by atoms with E-state index >= 15 is 0 Å². The van der Waals surface area contributed by atoms with Crippen LogP contribution in [0.25, 0.3) is 0 Å². The fraction of sp³-hybridized carbons (Fsp3) is 0.476. The lowest BCUT2D eigenvalue weighted by atomic mass is 10.1. The average Bonchev–Trinajstić information content (AvgIpc) is 3.05. The largest absolute Gasteiger partial charge is 0.375 e. The van der Waals surface area contributed by atoms with E-state index in [4.69, 9.17) is 4.74 Å². The molecule has 2 heterocycles. The van der Waals surface area contributed by atoms with Gasteiger partial charge in [-0.3, -0.25) is 9.69 Å². The monoisotopic (exact) mass is 416 g/mol. The Kier molecular flexibility index (Phi) is 7.35. The molecule has 0 spiro atoms. The molecule has 0 radical (unpaired) electrons. The van der Waals surface area contributed by atoms with Crippen LogP contribution < -0.4 is 5.32 Å². The molecule has 1 saturated heterocycles. The van der Waals surface area contributed by atoms with E-state index in [2.05, 4.69) is 20.6 Å². The second kappa shape index (κ2) is 9.96. The number of rotatable bonds is 6. The number of aromatic nitrogens is 1. The fourth-order valence-electron chi connectivity index (χ4n) is 3.34. The van der Waals surface area contributed by atoms with Crippen molar-refractivity contribution in [3.05, 3.63) is 45.9 Å². The van der Waals surface area contributed by atoms with Gasteiger partial charge in [-0.2, -0.15) is 0 Å². The molecule has 2 amide bonds. The number of ether oxygens (including phenoxy) is 1. The van der Waals surface area contributed by atoms with E-state index in [1.165, 1.54) is 6.92 Å². The van der Waals surface area contributed by atoms with Crippen molar-refractivity contribution in [2.24, 2.45) is 0 Å². The Morgan fingerprint density at radius 2 is 2.03 bits per heavy atom. The summed E-state index contributed by atoms with van der Waals surface area (Å²) in [6, 6.07) is 6.95. The number of benzene rings is 1. The van der Waals surface area contributed by atoms with Crippen molar-refractivity contribution in [3.63, 3.8) is 0 Å². The molecule has 8 heteroatoms. The summed E-state index contributed by atoms with van der Waals surface area (Å²) in [6.07, 6.45) is 0.905. The number of anilines is 1. The number of Topliss-reactive ketones (excluding diaryl/α,β-unsaturated/α-hetero) is 1. The lowest BCUT2D eigenvalue weighted by molar-refractivity contribution is 0.101. The highest BCUT2D eigenvalue weighted by Crippen LogP contribution is 2.22. The number of ketones is 1. The number of carbonyl (C=O) groups is 2. The Labute approximate surface area is 175 Å². The first kappa shape index (κ1) is 21.4. The van der Waals surface area contributed by atoms with Crippen molar-refractivity contribution in [2.75, 3.05) is 38.6 Å². The predicted octanol–water partition coefficient (Wildman–Crippen LogP) is 3.79. The molecule has 7 nitrogen and oxygen atoms in total. The van der Waals surface area contributed by atoms with Gasteiger partial charge < -0.3 is 15.0 Å². The summed E-state index contributed by atoms with van der Waals surface area (Å²) in [5.41, 5.74) is 2.14. The van der Waals surface area contributed by atoms with Crippen molar-refractivity contribution in [2.45, 2.75) is 32.9 Å². The highest BCUT2D eigenvalue weighted by atomic mass is 32.1. The molecular weight excluding hydrogens is 388 g/mol. The SMILES string of the molecule is COC(C)c1nc(CN2CCCN(C(=O)Nc3ccccc3C(C)=O)CC2)cs1. The summed E-state index contributed by atoms with van der Waals surface area (Å²) in [5.74, 6) is -0.0617. The molecule has 1 fully saturated rings. The molecule has 2 aromatic rings. The number of methoxy groups -OCH3 is 1. The number of hydrogen-bond donors (Lipinski definition) is 1. The van der Waals surface area contributed by atoms with Gasteiger partial charge in [0.1, 0.15) is 11.1 Å². The molecule has 1 aliphatic rings. The van der Waals surface area contributed by atoms with E-state index in [-0.39, 0.29) is 17.9 Å². The Morgan fingerprint density at radius 3 is 2.79 bits per heavy atom. The van der Waals surface area contributed by atoms with Crippen LogP contribution in [-0.2, 0) is 11.3 Å². The highest BCUT2D eigenvalue weighted by molar-refractivity contribution is 7.09. The molecule has 0 bridgehead atoms. The summed E-state index contributed by atoms with van der Waals surface area (Å²) in [5, 5.41) is 5.97. The molecule has 3 rings (SSSR count). The second-order valence-electron chi connectivity index (χ2n) is 7.20. The summed E-state index contributed by atoms with van der Waals surface area (Å²) in [6.45, 7) is 7.30. The first-order valence-electron chi connectivity index (χ1n) is 9.83. The first-order valence-corrected chi connectivity index (χ1v) is 10.7. The standard InChI is InChI=1S/C21H28N4O3S/c1-15(26)18-7-4-5-8-19(18)23-21(27)25-10-6-9-24(11-12-25)13-17-14-29-20(22-17)16(2)28-3/h4-5,7-8,14,16H,6,9-13H2,1-3H3,(H,23,27). The molecule has 1 unspecified atom stereocenters. The Bertz CT molecular complexity index is 854. The van der Waals surface area contributed by atoms with E-state index in [1.54, 1.807) is 36.6 Å². The Balaban J connectivity index is 1.56. The number of carbonyl (C=O) groups excluding carboxylic acids is 2. The number of para-hydroxylation sites is 1. The summed E-state index contributed by atoms with van der Waals surface area (Å²) in [4.78, 5) is 33.3. The third-order valence-corrected chi connectivity index (χ3v) is 6.13. The zero-order valence-electron chi connectivity index (χ0n) is 17.2. The van der Waals surface area contributed by atoms with E-state index in [1.807, 2.05) is 17.9 Å². The molecule has 1 aromatic carbocycles. The van der Waals surface area contributed by atoms with Gasteiger partial charge in [-0.1, -0.05) is 12.1 Å². The van der Waals surface area contributed by atoms with Gasteiger partial charge in [0.25, 0.3) is 0 Å². The maximum absolute atomic E-state index is 12.7. The van der Waals surface area contributed by atoms with Crippen LogP contribution in [-0.4, -0.2) is 59.9 Å². The normalized spacial score (nSPS) is 16.3. The Hall–Kier alpha value is -2.29. The van der Waals surface area contributed by atoms with E-state index in [0.29, 0.717) is 24.3 Å². The third kappa shape index (κ3) is 5.62. The molecule has 156 valence electrons.